The van der Waals surface area contributed by atoms with E-state index in [0.29, 0.717) is 12.1 Å². The first-order chi connectivity index (χ1) is 8.36. The van der Waals surface area contributed by atoms with Crippen LogP contribution in [0.4, 0.5) is 0 Å². The van der Waals surface area contributed by atoms with E-state index in [2.05, 4.69) is 5.32 Å². The summed E-state index contributed by atoms with van der Waals surface area (Å²) in [6.45, 7) is 3.99. The Labute approximate surface area is 106 Å². The van der Waals surface area contributed by atoms with E-state index in [-0.39, 0.29) is 5.97 Å². The van der Waals surface area contributed by atoms with Crippen molar-refractivity contribution in [1.29, 1.82) is 0 Å². The normalized spacial score (nSPS) is 11.1. The quantitative estimate of drug-likeness (QED) is 0.758. The van der Waals surface area contributed by atoms with Crippen LogP contribution in [0.2, 0.25) is 0 Å². The van der Waals surface area contributed by atoms with Gasteiger partial charge in [-0.05, 0) is 31.5 Å². The molecule has 0 aromatic heterocycles. The number of rotatable bonds is 5. The highest BCUT2D eigenvalue weighted by Gasteiger charge is 2.27. The van der Waals surface area contributed by atoms with Gasteiger partial charge in [-0.15, -0.1) is 0 Å². The summed E-state index contributed by atoms with van der Waals surface area (Å²) in [5.41, 5.74) is 5.82. The zero-order valence-electron chi connectivity index (χ0n) is 10.8. The Morgan fingerprint density at radius 1 is 1.28 bits per heavy atom. The third kappa shape index (κ3) is 3.56. The number of carbonyl (C=O) groups is 2. The molecule has 0 atom stereocenters. The lowest BCUT2D eigenvalue weighted by atomic mass is 10.0. The number of esters is 1. The smallest absolute Gasteiger partial charge is 0.325 e. The summed E-state index contributed by atoms with van der Waals surface area (Å²) in [5, 5.41) is 3.08. The first-order valence-corrected chi connectivity index (χ1v) is 5.59. The van der Waals surface area contributed by atoms with Crippen LogP contribution in [-0.2, 0) is 16.1 Å². The van der Waals surface area contributed by atoms with Crippen LogP contribution in [0.25, 0.3) is 0 Å². The molecule has 0 fully saturated rings. The molecule has 0 spiro atoms. The van der Waals surface area contributed by atoms with E-state index in [1.54, 1.807) is 38.1 Å². The monoisotopic (exact) mass is 250 g/mol. The predicted molar refractivity (Wildman–Crippen MR) is 67.9 cm³/mol. The molecule has 5 heteroatoms. The second-order valence-electron chi connectivity index (χ2n) is 4.53. The topological polar surface area (TPSA) is 81.4 Å². The molecule has 1 amide bonds. The molecular formula is C13H18N2O3. The zero-order valence-corrected chi connectivity index (χ0v) is 10.8. The number of nitrogens with two attached hydrogens (primary N) is 1. The summed E-state index contributed by atoms with van der Waals surface area (Å²) in [7, 11) is 1.35. The van der Waals surface area contributed by atoms with E-state index < -0.39 is 11.4 Å². The minimum atomic E-state index is -0.753. The van der Waals surface area contributed by atoms with E-state index in [1.165, 1.54) is 7.11 Å². The summed E-state index contributed by atoms with van der Waals surface area (Å²) < 4.78 is 4.69. The Morgan fingerprint density at radius 3 is 2.28 bits per heavy atom. The Morgan fingerprint density at radius 2 is 1.83 bits per heavy atom. The second-order valence-corrected chi connectivity index (χ2v) is 4.53. The lowest BCUT2D eigenvalue weighted by molar-refractivity contribution is -0.147. The molecule has 0 saturated heterocycles. The van der Waals surface area contributed by atoms with Crippen molar-refractivity contribution in [2.24, 2.45) is 5.73 Å². The van der Waals surface area contributed by atoms with Gasteiger partial charge in [0.05, 0.1) is 7.11 Å². The van der Waals surface area contributed by atoms with Crippen molar-refractivity contribution in [2.75, 3.05) is 7.11 Å². The number of hydrogen-bond donors (Lipinski definition) is 2. The number of methoxy groups -OCH3 is 1. The molecule has 0 aliphatic rings. The highest BCUT2D eigenvalue weighted by atomic mass is 16.5. The third-order valence-corrected chi connectivity index (χ3v) is 2.67. The van der Waals surface area contributed by atoms with Gasteiger partial charge >= 0.3 is 5.97 Å². The third-order valence-electron chi connectivity index (χ3n) is 2.67. The van der Waals surface area contributed by atoms with Crippen LogP contribution < -0.4 is 11.1 Å². The fourth-order valence-electron chi connectivity index (χ4n) is 1.44. The summed E-state index contributed by atoms with van der Waals surface area (Å²) in [4.78, 5) is 22.4. The SMILES string of the molecule is COC(=O)C(C)(C)NCc1ccc(C(N)=O)cc1. The van der Waals surface area contributed by atoms with Crippen molar-refractivity contribution >= 4 is 11.9 Å². The molecule has 0 radical (unpaired) electrons. The van der Waals surface area contributed by atoms with Gasteiger partial charge in [0.2, 0.25) is 5.91 Å². The number of ether oxygens (including phenoxy) is 1. The molecule has 1 aromatic rings. The summed E-state index contributed by atoms with van der Waals surface area (Å²) in [6.07, 6.45) is 0. The van der Waals surface area contributed by atoms with Gasteiger partial charge in [-0.3, -0.25) is 14.9 Å². The van der Waals surface area contributed by atoms with Crippen LogP contribution in [0.1, 0.15) is 29.8 Å². The van der Waals surface area contributed by atoms with E-state index >= 15 is 0 Å². The Hall–Kier alpha value is -1.88. The number of benzene rings is 1. The Bertz CT molecular complexity index is 438. The molecule has 0 unspecified atom stereocenters. The summed E-state index contributed by atoms with van der Waals surface area (Å²) in [5.74, 6) is -0.777. The van der Waals surface area contributed by atoms with E-state index in [1.807, 2.05) is 0 Å². The van der Waals surface area contributed by atoms with Gasteiger partial charge in [-0.1, -0.05) is 12.1 Å². The van der Waals surface area contributed by atoms with Crippen LogP contribution in [0.3, 0.4) is 0 Å². The van der Waals surface area contributed by atoms with Crippen LogP contribution in [-0.4, -0.2) is 24.5 Å². The first kappa shape index (κ1) is 14.2. The average Bonchev–Trinajstić information content (AvgIpc) is 2.35. The molecule has 1 rings (SSSR count). The molecule has 0 bridgehead atoms. The fourth-order valence-corrected chi connectivity index (χ4v) is 1.44. The van der Waals surface area contributed by atoms with E-state index in [4.69, 9.17) is 10.5 Å². The fraction of sp³-hybridized carbons (Fsp3) is 0.385. The van der Waals surface area contributed by atoms with Crippen molar-refractivity contribution < 1.29 is 14.3 Å². The lowest BCUT2D eigenvalue weighted by Gasteiger charge is -2.23. The van der Waals surface area contributed by atoms with Crippen LogP contribution in [0, 0.1) is 0 Å². The lowest BCUT2D eigenvalue weighted by Crippen LogP contribution is -2.46. The van der Waals surface area contributed by atoms with Gasteiger partial charge in [0.25, 0.3) is 0 Å². The molecule has 0 saturated carbocycles. The van der Waals surface area contributed by atoms with Gasteiger partial charge in [0.1, 0.15) is 5.54 Å². The minimum Gasteiger partial charge on any atom is -0.468 e. The maximum Gasteiger partial charge on any atom is 0.325 e. The highest BCUT2D eigenvalue weighted by molar-refractivity contribution is 5.92. The number of primary amides is 1. The van der Waals surface area contributed by atoms with Gasteiger partial charge in [0.15, 0.2) is 0 Å². The molecule has 3 N–H and O–H groups in total. The number of hydrogen-bond acceptors (Lipinski definition) is 4. The van der Waals surface area contributed by atoms with Crippen molar-refractivity contribution in [3.8, 4) is 0 Å². The van der Waals surface area contributed by atoms with E-state index in [9.17, 15) is 9.59 Å². The number of amides is 1. The average molecular weight is 250 g/mol. The summed E-state index contributed by atoms with van der Waals surface area (Å²) in [6, 6.07) is 6.90. The number of nitrogens with one attached hydrogen (secondary N) is 1. The predicted octanol–water partition coefficient (Wildman–Crippen LogP) is 0.827. The molecular weight excluding hydrogens is 232 g/mol. The molecule has 1 aromatic carbocycles. The largest absolute Gasteiger partial charge is 0.468 e. The van der Waals surface area contributed by atoms with Crippen LogP contribution in [0.15, 0.2) is 24.3 Å². The van der Waals surface area contributed by atoms with E-state index in [0.717, 1.165) is 5.56 Å². The second kappa shape index (κ2) is 5.64. The van der Waals surface area contributed by atoms with Crippen molar-refractivity contribution in [3.05, 3.63) is 35.4 Å². The zero-order chi connectivity index (χ0) is 13.8. The maximum absolute atomic E-state index is 11.5. The molecule has 0 aliphatic carbocycles. The minimum absolute atomic E-state index is 0.323. The maximum atomic E-state index is 11.5. The van der Waals surface area contributed by atoms with Crippen molar-refractivity contribution in [1.82, 2.24) is 5.32 Å². The van der Waals surface area contributed by atoms with Crippen molar-refractivity contribution in [3.63, 3.8) is 0 Å². The van der Waals surface area contributed by atoms with Crippen molar-refractivity contribution in [2.45, 2.75) is 25.9 Å². The van der Waals surface area contributed by atoms with Gasteiger partial charge in [-0.2, -0.15) is 0 Å². The first-order valence-electron chi connectivity index (χ1n) is 5.59. The Balaban J connectivity index is 2.64. The van der Waals surface area contributed by atoms with Crippen LogP contribution in [0.5, 0.6) is 0 Å². The van der Waals surface area contributed by atoms with Gasteiger partial charge in [0, 0.05) is 12.1 Å². The molecule has 98 valence electrons. The highest BCUT2D eigenvalue weighted by Crippen LogP contribution is 2.08. The molecule has 18 heavy (non-hydrogen) atoms. The van der Waals surface area contributed by atoms with Crippen LogP contribution >= 0.6 is 0 Å². The van der Waals surface area contributed by atoms with Gasteiger partial charge < -0.3 is 10.5 Å². The van der Waals surface area contributed by atoms with Gasteiger partial charge in [-0.25, -0.2) is 0 Å². The standard InChI is InChI=1S/C13H18N2O3/c1-13(2,12(17)18-3)15-8-9-4-6-10(7-5-9)11(14)16/h4-7,15H,8H2,1-3H3,(H2,14,16). The summed E-state index contributed by atoms with van der Waals surface area (Å²) >= 11 is 0. The molecule has 5 nitrogen and oxygen atoms in total. The number of carbonyl (C=O) groups excluding carboxylic acids is 2. The Kier molecular flexibility index (Phi) is 4.44. The molecule has 0 heterocycles. The molecule has 0 aliphatic heterocycles.